The smallest absolute Gasteiger partial charge is 0.105 e. The van der Waals surface area contributed by atoms with Gasteiger partial charge >= 0.3 is 0 Å². The summed E-state index contributed by atoms with van der Waals surface area (Å²) in [6.07, 6.45) is 5.03. The van der Waals surface area contributed by atoms with Crippen LogP contribution in [0.25, 0.3) is 0 Å². The number of hydrogen-bond acceptors (Lipinski definition) is 1. The summed E-state index contributed by atoms with van der Waals surface area (Å²) in [7, 11) is 0. The first kappa shape index (κ1) is 6.33. The third-order valence-corrected chi connectivity index (χ3v) is 1.39. The van der Waals surface area contributed by atoms with Gasteiger partial charge < -0.3 is 4.57 Å². The number of aromatic nitrogens is 2. The predicted molar refractivity (Wildman–Crippen MR) is 37.3 cm³/mol. The highest BCUT2D eigenvalue weighted by Gasteiger charge is 1.91. The molecule has 1 aromatic heterocycles. The van der Waals surface area contributed by atoms with Crippen molar-refractivity contribution >= 4 is 0 Å². The second-order valence-corrected chi connectivity index (χ2v) is 2.17. The quantitative estimate of drug-likeness (QED) is 0.585. The Kier molecular flexibility index (Phi) is 1.88. The molecule has 0 unspecified atom stereocenters. The first-order chi connectivity index (χ1) is 4.34. The molecule has 0 aliphatic rings. The molecule has 0 fully saturated rings. The summed E-state index contributed by atoms with van der Waals surface area (Å²) < 4.78 is 2.15. The lowest BCUT2D eigenvalue weighted by Gasteiger charge is -1.99. The molecule has 50 valence electrons. The van der Waals surface area contributed by atoms with Crippen LogP contribution in [0, 0.1) is 6.92 Å². The van der Waals surface area contributed by atoms with Crippen LogP contribution in [0.3, 0.4) is 0 Å². The molecule has 0 bridgehead atoms. The Morgan fingerprint density at radius 3 is 2.89 bits per heavy atom. The van der Waals surface area contributed by atoms with E-state index >= 15 is 0 Å². The summed E-state index contributed by atoms with van der Waals surface area (Å²) in [5.74, 6) is 1.11. The van der Waals surface area contributed by atoms with Gasteiger partial charge in [0.05, 0.1) is 0 Å². The molecule has 0 spiro atoms. The highest BCUT2D eigenvalue weighted by Crippen LogP contribution is 1.95. The van der Waals surface area contributed by atoms with Crippen molar-refractivity contribution in [3.8, 4) is 0 Å². The highest BCUT2D eigenvalue weighted by atomic mass is 15.0. The van der Waals surface area contributed by atoms with E-state index in [4.69, 9.17) is 0 Å². The molecule has 0 aliphatic carbocycles. The number of rotatable bonds is 2. The summed E-state index contributed by atoms with van der Waals surface area (Å²) >= 11 is 0. The standard InChI is InChI=1S/C7H12N2/c1-3-5-9-6-4-8-7(9)2/h4,6H,3,5H2,1-2H3. The van der Waals surface area contributed by atoms with Crippen molar-refractivity contribution in [1.29, 1.82) is 0 Å². The summed E-state index contributed by atoms with van der Waals surface area (Å²) in [6.45, 7) is 5.28. The number of imidazole rings is 1. The normalized spacial score (nSPS) is 10.0. The van der Waals surface area contributed by atoms with E-state index < -0.39 is 0 Å². The molecular formula is C7H12N2. The van der Waals surface area contributed by atoms with Gasteiger partial charge in [-0.3, -0.25) is 0 Å². The van der Waals surface area contributed by atoms with E-state index in [9.17, 15) is 0 Å². The molecule has 0 aliphatic heterocycles. The van der Waals surface area contributed by atoms with Gasteiger partial charge in [-0.1, -0.05) is 6.92 Å². The van der Waals surface area contributed by atoms with Gasteiger partial charge in [-0.15, -0.1) is 0 Å². The minimum absolute atomic E-state index is 1.09. The van der Waals surface area contributed by atoms with E-state index in [2.05, 4.69) is 16.5 Å². The minimum Gasteiger partial charge on any atom is -0.335 e. The third-order valence-electron chi connectivity index (χ3n) is 1.39. The Hall–Kier alpha value is -0.790. The highest BCUT2D eigenvalue weighted by molar-refractivity contribution is 4.87. The van der Waals surface area contributed by atoms with E-state index in [0.29, 0.717) is 0 Å². The molecule has 2 heteroatoms. The molecule has 0 saturated carbocycles. The zero-order valence-electron chi connectivity index (χ0n) is 5.96. The van der Waals surface area contributed by atoms with Gasteiger partial charge in [-0.05, 0) is 13.3 Å². The van der Waals surface area contributed by atoms with Gasteiger partial charge in [-0.2, -0.15) is 0 Å². The van der Waals surface area contributed by atoms with Crippen LogP contribution in [-0.4, -0.2) is 9.55 Å². The zero-order valence-corrected chi connectivity index (χ0v) is 5.96. The van der Waals surface area contributed by atoms with Crippen LogP contribution in [0.5, 0.6) is 0 Å². The van der Waals surface area contributed by atoms with Crippen LogP contribution in [0.2, 0.25) is 0 Å². The maximum absolute atomic E-state index is 4.10. The van der Waals surface area contributed by atoms with Gasteiger partial charge in [0.2, 0.25) is 0 Å². The minimum atomic E-state index is 1.09. The van der Waals surface area contributed by atoms with E-state index in [0.717, 1.165) is 12.4 Å². The van der Waals surface area contributed by atoms with Gasteiger partial charge in [0.15, 0.2) is 0 Å². The SMILES string of the molecule is CCCn1ccnc1C. The molecule has 1 aromatic rings. The summed E-state index contributed by atoms with van der Waals surface area (Å²) in [5, 5.41) is 0. The van der Waals surface area contributed by atoms with E-state index in [1.54, 1.807) is 0 Å². The molecule has 1 rings (SSSR count). The van der Waals surface area contributed by atoms with E-state index in [1.165, 1.54) is 6.42 Å². The maximum Gasteiger partial charge on any atom is 0.105 e. The topological polar surface area (TPSA) is 17.8 Å². The van der Waals surface area contributed by atoms with Crippen molar-refractivity contribution in [3.63, 3.8) is 0 Å². The Balaban J connectivity index is 2.69. The van der Waals surface area contributed by atoms with Gasteiger partial charge in [0, 0.05) is 18.9 Å². The van der Waals surface area contributed by atoms with Crippen molar-refractivity contribution in [3.05, 3.63) is 18.2 Å². The largest absolute Gasteiger partial charge is 0.335 e. The molecule has 0 aromatic carbocycles. The lowest BCUT2D eigenvalue weighted by atomic mass is 10.5. The van der Waals surface area contributed by atoms with E-state index in [-0.39, 0.29) is 0 Å². The zero-order chi connectivity index (χ0) is 6.69. The number of aryl methyl sites for hydroxylation is 2. The fraction of sp³-hybridized carbons (Fsp3) is 0.571. The molecule has 9 heavy (non-hydrogen) atoms. The van der Waals surface area contributed by atoms with Crippen LogP contribution in [0.4, 0.5) is 0 Å². The molecule has 2 nitrogen and oxygen atoms in total. The van der Waals surface area contributed by atoms with Crippen molar-refractivity contribution in [2.45, 2.75) is 26.8 Å². The average molecular weight is 124 g/mol. The van der Waals surface area contributed by atoms with Gasteiger partial charge in [0.25, 0.3) is 0 Å². The molecule has 0 saturated heterocycles. The summed E-state index contributed by atoms with van der Waals surface area (Å²) in [5.41, 5.74) is 0. The molecule has 0 atom stereocenters. The molecule has 0 N–H and O–H groups in total. The predicted octanol–water partition coefficient (Wildman–Crippen LogP) is 1.60. The van der Waals surface area contributed by atoms with Crippen LogP contribution in [-0.2, 0) is 6.54 Å². The van der Waals surface area contributed by atoms with Crippen LogP contribution < -0.4 is 0 Å². The summed E-state index contributed by atoms with van der Waals surface area (Å²) in [6, 6.07) is 0. The Labute approximate surface area is 55.5 Å². The summed E-state index contributed by atoms with van der Waals surface area (Å²) in [4.78, 5) is 4.10. The Morgan fingerprint density at radius 2 is 2.44 bits per heavy atom. The van der Waals surface area contributed by atoms with Crippen LogP contribution in [0.1, 0.15) is 19.2 Å². The lowest BCUT2D eigenvalue weighted by molar-refractivity contribution is 0.658. The fourth-order valence-corrected chi connectivity index (χ4v) is 0.881. The molecule has 1 heterocycles. The van der Waals surface area contributed by atoms with Crippen LogP contribution >= 0.6 is 0 Å². The molecule has 0 radical (unpaired) electrons. The van der Waals surface area contributed by atoms with Crippen LogP contribution in [0.15, 0.2) is 12.4 Å². The van der Waals surface area contributed by atoms with Gasteiger partial charge in [-0.25, -0.2) is 4.98 Å². The van der Waals surface area contributed by atoms with Crippen molar-refractivity contribution in [1.82, 2.24) is 9.55 Å². The van der Waals surface area contributed by atoms with Crippen molar-refractivity contribution in [2.75, 3.05) is 0 Å². The Morgan fingerprint density at radius 1 is 1.67 bits per heavy atom. The first-order valence-corrected chi connectivity index (χ1v) is 3.32. The number of hydrogen-bond donors (Lipinski definition) is 0. The first-order valence-electron chi connectivity index (χ1n) is 3.32. The molecule has 0 amide bonds. The lowest BCUT2D eigenvalue weighted by Crippen LogP contribution is -1.96. The second kappa shape index (κ2) is 2.67. The Bertz CT molecular complexity index is 179. The van der Waals surface area contributed by atoms with Gasteiger partial charge in [0.1, 0.15) is 5.82 Å². The average Bonchev–Trinajstić information content (AvgIpc) is 2.18. The monoisotopic (exact) mass is 124 g/mol. The third kappa shape index (κ3) is 1.31. The van der Waals surface area contributed by atoms with Crippen molar-refractivity contribution in [2.24, 2.45) is 0 Å². The number of nitrogens with zero attached hydrogens (tertiary/aromatic N) is 2. The fourth-order valence-electron chi connectivity index (χ4n) is 0.881. The maximum atomic E-state index is 4.10. The second-order valence-electron chi connectivity index (χ2n) is 2.17. The van der Waals surface area contributed by atoms with E-state index in [1.807, 2.05) is 19.3 Å². The molecular weight excluding hydrogens is 112 g/mol. The van der Waals surface area contributed by atoms with Crippen molar-refractivity contribution < 1.29 is 0 Å².